The second-order valence-electron chi connectivity index (χ2n) is 8.98. The first-order chi connectivity index (χ1) is 18.3. The summed E-state index contributed by atoms with van der Waals surface area (Å²) in [5, 5.41) is 32.8. The lowest BCUT2D eigenvalue weighted by Gasteiger charge is -2.34. The van der Waals surface area contributed by atoms with E-state index in [-0.39, 0.29) is 26.1 Å². The van der Waals surface area contributed by atoms with Crippen LogP contribution in [-0.2, 0) is 19.2 Å². The molecule has 0 aliphatic heterocycles. The van der Waals surface area contributed by atoms with Gasteiger partial charge in [0.05, 0.1) is 11.1 Å². The fraction of sp³-hybridized carbons (Fsp3) is 0.571. The third-order valence-electron chi connectivity index (χ3n) is 5.75. The summed E-state index contributed by atoms with van der Waals surface area (Å²) in [4.78, 5) is 49.5. The van der Waals surface area contributed by atoms with E-state index in [4.69, 9.17) is 20.4 Å². The number of carbonyl (C=O) groups excluding carboxylic acids is 2. The maximum Gasteiger partial charge on any atom is 0.303 e. The Morgan fingerprint density at radius 3 is 1.34 bits per heavy atom. The van der Waals surface area contributed by atoms with Gasteiger partial charge < -0.3 is 20.4 Å². The van der Waals surface area contributed by atoms with E-state index >= 15 is 0 Å². The number of rotatable bonds is 15. The molecule has 0 saturated heterocycles. The number of aliphatic carboxylic acids is 2. The van der Waals surface area contributed by atoms with Crippen molar-refractivity contribution in [3.8, 4) is 0 Å². The Morgan fingerprint density at radius 2 is 1.05 bits per heavy atom. The zero-order valence-corrected chi connectivity index (χ0v) is 21.8. The largest absolute Gasteiger partial charge is 0.481 e. The number of hydrogen-bond donors (Lipinski definition) is 4. The summed E-state index contributed by atoms with van der Waals surface area (Å²) in [6, 6.07) is 0. The molecule has 0 aromatic heterocycles. The Balaban J connectivity index is 0.000000625. The highest BCUT2D eigenvalue weighted by Crippen LogP contribution is 2.37. The van der Waals surface area contributed by atoms with Gasteiger partial charge in [0, 0.05) is 32.5 Å². The monoisotopic (exact) mass is 532 g/mol. The van der Waals surface area contributed by atoms with Gasteiger partial charge in [-0.1, -0.05) is 67.9 Å². The van der Waals surface area contributed by atoms with Crippen LogP contribution in [0.15, 0.2) is 58.6 Å². The first kappa shape index (κ1) is 34.6. The first-order valence-electron chi connectivity index (χ1n) is 12.8. The van der Waals surface area contributed by atoms with Crippen LogP contribution < -0.4 is 0 Å². The van der Waals surface area contributed by atoms with E-state index in [0.29, 0.717) is 32.1 Å². The molecule has 2 aliphatic rings. The van der Waals surface area contributed by atoms with Gasteiger partial charge >= 0.3 is 11.9 Å². The zero-order chi connectivity index (χ0) is 28.5. The number of aliphatic imine (C=N–C) groups is 2. The Bertz CT molecular complexity index is 842. The minimum Gasteiger partial charge on any atom is -0.481 e. The standard InChI is InChI=1S/C15H14N2O2.C9H16O4.C4H10O2/c18-12-16-14(7-3-1-4-8-14)11-15(17-13-19)9-5-2-6-10-15;10-8(11)6-4-2-1-3-5-7-9(12)13;5-3-1-2-4-6/h1-7,9H,8,10-11H2;1-7H2,(H,10,11)(H,12,13);5-6H,1-4H2. The molecule has 0 bridgehead atoms. The van der Waals surface area contributed by atoms with Gasteiger partial charge in [-0.25, -0.2) is 9.59 Å². The minimum absolute atomic E-state index is 0.195. The van der Waals surface area contributed by atoms with Crippen molar-refractivity contribution in [3.05, 3.63) is 48.6 Å². The van der Waals surface area contributed by atoms with Crippen molar-refractivity contribution < 1.29 is 39.6 Å². The number of aliphatic hydroxyl groups excluding tert-OH is 2. The maximum absolute atomic E-state index is 10.7. The summed E-state index contributed by atoms with van der Waals surface area (Å²) in [6.07, 6.45) is 26.0. The van der Waals surface area contributed by atoms with E-state index in [1.54, 1.807) is 12.2 Å². The number of carboxylic acids is 2. The predicted molar refractivity (Wildman–Crippen MR) is 143 cm³/mol. The van der Waals surface area contributed by atoms with E-state index in [1.165, 1.54) is 0 Å². The molecule has 10 heteroatoms. The summed E-state index contributed by atoms with van der Waals surface area (Å²) >= 11 is 0. The van der Waals surface area contributed by atoms with E-state index in [0.717, 1.165) is 32.1 Å². The Kier molecular flexibility index (Phi) is 19.7. The number of hydrogen-bond acceptors (Lipinski definition) is 8. The molecule has 0 aromatic carbocycles. The highest BCUT2D eigenvalue weighted by molar-refractivity contribution is 5.66. The molecule has 10 nitrogen and oxygen atoms in total. The zero-order valence-electron chi connectivity index (χ0n) is 21.8. The number of carboxylic acid groups (broad SMARTS) is 2. The summed E-state index contributed by atoms with van der Waals surface area (Å²) in [5.41, 5.74) is -1.35. The molecule has 0 fully saturated rings. The highest BCUT2D eigenvalue weighted by Gasteiger charge is 2.38. The van der Waals surface area contributed by atoms with E-state index < -0.39 is 23.0 Å². The summed E-state index contributed by atoms with van der Waals surface area (Å²) in [6.45, 7) is 0.390. The van der Waals surface area contributed by atoms with Crippen LogP contribution in [0.4, 0.5) is 0 Å². The van der Waals surface area contributed by atoms with Crippen molar-refractivity contribution >= 4 is 24.1 Å². The van der Waals surface area contributed by atoms with Crippen LogP contribution >= 0.6 is 0 Å². The van der Waals surface area contributed by atoms with Gasteiger partial charge in [0.2, 0.25) is 12.2 Å². The van der Waals surface area contributed by atoms with E-state index in [2.05, 4.69) is 9.98 Å². The molecule has 0 amide bonds. The minimum atomic E-state index is -0.759. The molecule has 2 unspecified atom stereocenters. The molecule has 0 heterocycles. The number of nitrogens with zero attached hydrogens (tertiary/aromatic N) is 2. The van der Waals surface area contributed by atoms with Gasteiger partial charge in [-0.05, 0) is 38.5 Å². The lowest BCUT2D eigenvalue weighted by Crippen LogP contribution is -2.37. The normalized spacial score (nSPS) is 20.6. The van der Waals surface area contributed by atoms with Crippen LogP contribution in [0.25, 0.3) is 0 Å². The van der Waals surface area contributed by atoms with Gasteiger partial charge in [0.1, 0.15) is 0 Å². The summed E-state index contributed by atoms with van der Waals surface area (Å²) in [5.74, 6) is -1.52. The van der Waals surface area contributed by atoms with Crippen LogP contribution in [0.2, 0.25) is 0 Å². The van der Waals surface area contributed by atoms with Crippen LogP contribution in [0, 0.1) is 0 Å². The fourth-order valence-corrected chi connectivity index (χ4v) is 3.83. The van der Waals surface area contributed by atoms with Crippen molar-refractivity contribution in [2.75, 3.05) is 13.2 Å². The van der Waals surface area contributed by atoms with Gasteiger partial charge in [0.25, 0.3) is 0 Å². The molecule has 0 radical (unpaired) electrons. The van der Waals surface area contributed by atoms with Crippen molar-refractivity contribution in [1.82, 2.24) is 0 Å². The molecular weight excluding hydrogens is 492 g/mol. The summed E-state index contributed by atoms with van der Waals surface area (Å²) < 4.78 is 0. The first-order valence-corrected chi connectivity index (χ1v) is 12.8. The molecule has 2 aliphatic carbocycles. The average molecular weight is 533 g/mol. The third-order valence-corrected chi connectivity index (χ3v) is 5.75. The number of carbonyl (C=O) groups is 2. The summed E-state index contributed by atoms with van der Waals surface area (Å²) in [7, 11) is 0. The van der Waals surface area contributed by atoms with Crippen molar-refractivity contribution in [3.63, 3.8) is 0 Å². The molecule has 38 heavy (non-hydrogen) atoms. The van der Waals surface area contributed by atoms with E-state index in [1.807, 2.05) is 48.6 Å². The fourth-order valence-electron chi connectivity index (χ4n) is 3.83. The van der Waals surface area contributed by atoms with Gasteiger partial charge in [-0.15, -0.1) is 0 Å². The second-order valence-corrected chi connectivity index (χ2v) is 8.98. The van der Waals surface area contributed by atoms with Gasteiger partial charge in [-0.2, -0.15) is 9.98 Å². The van der Waals surface area contributed by atoms with E-state index in [9.17, 15) is 19.2 Å². The second kappa shape index (κ2) is 21.6. The van der Waals surface area contributed by atoms with Gasteiger partial charge in [0.15, 0.2) is 0 Å². The van der Waals surface area contributed by atoms with Crippen molar-refractivity contribution in [2.24, 2.45) is 9.98 Å². The lowest BCUT2D eigenvalue weighted by molar-refractivity contribution is -0.138. The van der Waals surface area contributed by atoms with Crippen molar-refractivity contribution in [2.45, 2.75) is 88.1 Å². The SMILES string of the molecule is O=C(O)CCCCCCCC(=O)O.O=C=NC1(CC2(N=C=O)C=CC=CC2)C=CC=CC1.OCCCCO. The predicted octanol–water partition coefficient (Wildman–Crippen LogP) is 4.20. The lowest BCUT2D eigenvalue weighted by atomic mass is 9.76. The highest BCUT2D eigenvalue weighted by atomic mass is 16.4. The molecule has 0 aromatic rings. The number of aliphatic hydroxyl groups is 2. The number of isocyanates is 2. The Labute approximate surface area is 223 Å². The molecule has 2 atom stereocenters. The molecule has 0 saturated carbocycles. The quantitative estimate of drug-likeness (QED) is 0.138. The van der Waals surface area contributed by atoms with Crippen LogP contribution in [0.5, 0.6) is 0 Å². The van der Waals surface area contributed by atoms with Crippen LogP contribution in [-0.4, -0.2) is 68.8 Å². The van der Waals surface area contributed by atoms with Crippen LogP contribution in [0.1, 0.15) is 77.0 Å². The molecule has 2 rings (SSSR count). The molecule has 0 spiro atoms. The van der Waals surface area contributed by atoms with Crippen LogP contribution in [0.3, 0.4) is 0 Å². The molecule has 210 valence electrons. The van der Waals surface area contributed by atoms with Gasteiger partial charge in [-0.3, -0.25) is 9.59 Å². The topological polar surface area (TPSA) is 174 Å². The van der Waals surface area contributed by atoms with Crippen molar-refractivity contribution in [1.29, 1.82) is 0 Å². The average Bonchev–Trinajstić information content (AvgIpc) is 2.88. The Hall–Kier alpha value is -3.42. The Morgan fingerprint density at radius 1 is 0.658 bits per heavy atom. The smallest absolute Gasteiger partial charge is 0.303 e. The number of allylic oxidation sites excluding steroid dienone is 4. The molecule has 4 N–H and O–H groups in total. The third kappa shape index (κ3) is 17.1. The number of unbranched alkanes of at least 4 members (excludes halogenated alkanes) is 5. The maximum atomic E-state index is 10.7. The molecular formula is C28H40N2O8.